The number of aromatic nitrogens is 1. The highest BCUT2D eigenvalue weighted by Gasteiger charge is 2.19. The molecule has 1 N–H and O–H groups in total. The highest BCUT2D eigenvalue weighted by molar-refractivity contribution is 7.13. The summed E-state index contributed by atoms with van der Waals surface area (Å²) in [5.41, 5.74) is 4.32. The molecular formula is C21H18BNO3S. The van der Waals surface area contributed by atoms with Gasteiger partial charge in [-0.3, -0.25) is 4.79 Å². The number of hydrogen-bond donors (Lipinski definition) is 1. The van der Waals surface area contributed by atoms with E-state index in [1.165, 1.54) is 0 Å². The Morgan fingerprint density at radius 3 is 2.41 bits per heavy atom. The average Bonchev–Trinajstić information content (AvgIpc) is 3.20. The molecule has 0 aliphatic carbocycles. The van der Waals surface area contributed by atoms with Crippen LogP contribution in [0.15, 0.2) is 58.7 Å². The van der Waals surface area contributed by atoms with Gasteiger partial charge in [0.05, 0.1) is 25.3 Å². The average molecular weight is 375 g/mol. The quantitative estimate of drug-likeness (QED) is 0.558. The zero-order valence-electron chi connectivity index (χ0n) is 15.3. The number of ether oxygens (including phenoxy) is 2. The second-order valence-electron chi connectivity index (χ2n) is 6.30. The number of rotatable bonds is 4. The molecule has 2 aromatic heterocycles. The Kier molecular flexibility index (Phi) is 4.50. The zero-order chi connectivity index (χ0) is 19.0. The Morgan fingerprint density at radius 2 is 1.74 bits per heavy atom. The maximum atomic E-state index is 13.0. The van der Waals surface area contributed by atoms with Gasteiger partial charge in [-0.05, 0) is 23.1 Å². The lowest BCUT2D eigenvalue weighted by Gasteiger charge is -2.15. The number of hydrogen-bond acceptors (Lipinski definition) is 4. The first kappa shape index (κ1) is 17.4. The molecule has 4 rings (SSSR count). The van der Waals surface area contributed by atoms with E-state index in [0.717, 1.165) is 32.4 Å². The van der Waals surface area contributed by atoms with Crippen molar-refractivity contribution in [2.24, 2.45) is 0 Å². The summed E-state index contributed by atoms with van der Waals surface area (Å²) in [6.07, 6.45) is 0. The third kappa shape index (κ3) is 3.02. The van der Waals surface area contributed by atoms with Crippen molar-refractivity contribution in [3.8, 4) is 33.1 Å². The smallest absolute Gasteiger partial charge is 0.257 e. The van der Waals surface area contributed by atoms with E-state index in [0.29, 0.717) is 17.1 Å². The highest BCUT2D eigenvalue weighted by Crippen LogP contribution is 2.40. The van der Waals surface area contributed by atoms with Gasteiger partial charge in [-0.1, -0.05) is 35.8 Å². The summed E-state index contributed by atoms with van der Waals surface area (Å²) in [6.45, 7) is 0. The number of benzene rings is 2. The number of aromatic amines is 1. The van der Waals surface area contributed by atoms with E-state index in [-0.39, 0.29) is 5.56 Å². The van der Waals surface area contributed by atoms with E-state index in [2.05, 4.69) is 11.1 Å². The monoisotopic (exact) mass is 375 g/mol. The molecule has 0 amide bonds. The zero-order valence-corrected chi connectivity index (χ0v) is 16.1. The predicted octanol–water partition coefficient (Wildman–Crippen LogP) is 3.20. The van der Waals surface area contributed by atoms with Gasteiger partial charge in [-0.2, -0.15) is 0 Å². The molecule has 6 heteroatoms. The molecule has 0 unspecified atom stereocenters. The van der Waals surface area contributed by atoms with E-state index < -0.39 is 0 Å². The van der Waals surface area contributed by atoms with Gasteiger partial charge in [0.25, 0.3) is 5.56 Å². The summed E-state index contributed by atoms with van der Waals surface area (Å²) in [5.74, 6) is 1.21. The molecule has 0 atom stereocenters. The van der Waals surface area contributed by atoms with Gasteiger partial charge in [0.1, 0.15) is 7.85 Å². The van der Waals surface area contributed by atoms with Gasteiger partial charge in [0.2, 0.25) is 0 Å². The third-order valence-corrected chi connectivity index (χ3v) is 5.48. The summed E-state index contributed by atoms with van der Waals surface area (Å²) < 4.78 is 10.9. The molecule has 0 saturated heterocycles. The van der Waals surface area contributed by atoms with Crippen molar-refractivity contribution in [3.63, 3.8) is 0 Å². The molecule has 0 bridgehead atoms. The lowest BCUT2D eigenvalue weighted by molar-refractivity contribution is 0.356. The minimum Gasteiger partial charge on any atom is -0.493 e. The standard InChI is InChI=1S/C21H18BNO3S/c1-25-16-10-14-15(11-17(16)26-2)23-21(24)20(18-7-4-8-27-18)19(14)12-5-3-6-13(22)9-12/h3-11H,22H2,1-2H3,(H,23,24). The molecule has 0 spiro atoms. The van der Waals surface area contributed by atoms with Crippen LogP contribution in [-0.2, 0) is 0 Å². The van der Waals surface area contributed by atoms with Crippen LogP contribution in [0, 0.1) is 0 Å². The SMILES string of the molecule is Bc1cccc(-c2c(-c3cccs3)c(=O)[nH]c3cc(OC)c(OC)cc23)c1. The first-order chi connectivity index (χ1) is 13.1. The van der Waals surface area contributed by atoms with Crippen LogP contribution in [0.4, 0.5) is 0 Å². The van der Waals surface area contributed by atoms with Crippen LogP contribution in [0.1, 0.15) is 0 Å². The van der Waals surface area contributed by atoms with Crippen molar-refractivity contribution >= 4 is 35.5 Å². The predicted molar refractivity (Wildman–Crippen MR) is 115 cm³/mol. The molecule has 4 nitrogen and oxygen atoms in total. The van der Waals surface area contributed by atoms with Crippen LogP contribution >= 0.6 is 11.3 Å². The Labute approximate surface area is 161 Å². The lowest BCUT2D eigenvalue weighted by Crippen LogP contribution is -2.11. The first-order valence-corrected chi connectivity index (χ1v) is 9.43. The van der Waals surface area contributed by atoms with Gasteiger partial charge >= 0.3 is 0 Å². The first-order valence-electron chi connectivity index (χ1n) is 8.55. The van der Waals surface area contributed by atoms with Crippen LogP contribution in [0.2, 0.25) is 0 Å². The third-order valence-electron chi connectivity index (χ3n) is 4.59. The topological polar surface area (TPSA) is 51.3 Å². The van der Waals surface area contributed by atoms with Gasteiger partial charge in [-0.15, -0.1) is 11.3 Å². The second-order valence-corrected chi connectivity index (χ2v) is 7.25. The van der Waals surface area contributed by atoms with Crippen molar-refractivity contribution in [3.05, 3.63) is 64.3 Å². The van der Waals surface area contributed by atoms with Crippen molar-refractivity contribution in [2.75, 3.05) is 14.2 Å². The number of thiophene rings is 1. The number of pyridine rings is 1. The summed E-state index contributed by atoms with van der Waals surface area (Å²) in [7, 11) is 5.25. The van der Waals surface area contributed by atoms with Crippen molar-refractivity contribution < 1.29 is 9.47 Å². The molecule has 0 fully saturated rings. The number of nitrogens with one attached hydrogen (secondary N) is 1. The Balaban J connectivity index is 2.18. The molecule has 0 aliphatic rings. The number of fused-ring (bicyclic) bond motifs is 1. The van der Waals surface area contributed by atoms with E-state index >= 15 is 0 Å². The molecule has 0 radical (unpaired) electrons. The molecule has 0 saturated carbocycles. The van der Waals surface area contributed by atoms with E-state index in [4.69, 9.17) is 9.47 Å². The largest absolute Gasteiger partial charge is 0.493 e. The maximum Gasteiger partial charge on any atom is 0.257 e. The molecule has 27 heavy (non-hydrogen) atoms. The Hall–Kier alpha value is -2.99. The van der Waals surface area contributed by atoms with Gasteiger partial charge in [0, 0.05) is 21.9 Å². The van der Waals surface area contributed by atoms with Crippen LogP contribution in [0.25, 0.3) is 32.5 Å². The fourth-order valence-electron chi connectivity index (χ4n) is 3.38. The van der Waals surface area contributed by atoms with Crippen molar-refractivity contribution in [2.45, 2.75) is 0 Å². The molecule has 2 heterocycles. The molecule has 0 aliphatic heterocycles. The second kappa shape index (κ2) is 6.97. The summed E-state index contributed by atoms with van der Waals surface area (Å²) in [6, 6.07) is 15.9. The minimum atomic E-state index is -0.117. The van der Waals surface area contributed by atoms with Crippen LogP contribution in [0.3, 0.4) is 0 Å². The Bertz CT molecular complexity index is 1180. The van der Waals surface area contributed by atoms with Crippen LogP contribution in [0.5, 0.6) is 11.5 Å². The van der Waals surface area contributed by atoms with E-state index in [9.17, 15) is 4.79 Å². The normalized spacial score (nSPS) is 10.9. The van der Waals surface area contributed by atoms with Gasteiger partial charge in [0.15, 0.2) is 11.5 Å². The highest BCUT2D eigenvalue weighted by atomic mass is 32.1. The number of methoxy groups -OCH3 is 2. The fourth-order valence-corrected chi connectivity index (χ4v) is 4.15. The summed E-state index contributed by atoms with van der Waals surface area (Å²) in [4.78, 5) is 17.0. The van der Waals surface area contributed by atoms with E-state index in [1.807, 2.05) is 55.7 Å². The van der Waals surface area contributed by atoms with Crippen molar-refractivity contribution in [1.29, 1.82) is 0 Å². The Morgan fingerprint density at radius 1 is 0.963 bits per heavy atom. The molecule has 2 aromatic carbocycles. The van der Waals surface area contributed by atoms with Crippen molar-refractivity contribution in [1.82, 2.24) is 4.98 Å². The van der Waals surface area contributed by atoms with Gasteiger partial charge < -0.3 is 14.5 Å². The molecular weight excluding hydrogens is 357 g/mol. The number of H-pyrrole nitrogens is 1. The lowest BCUT2D eigenvalue weighted by atomic mass is 9.89. The van der Waals surface area contributed by atoms with Crippen LogP contribution in [-0.4, -0.2) is 27.0 Å². The van der Waals surface area contributed by atoms with Crippen LogP contribution < -0.4 is 20.5 Å². The maximum absolute atomic E-state index is 13.0. The minimum absolute atomic E-state index is 0.117. The van der Waals surface area contributed by atoms with E-state index in [1.54, 1.807) is 25.6 Å². The molecule has 134 valence electrons. The summed E-state index contributed by atoms with van der Waals surface area (Å²) >= 11 is 1.55. The summed E-state index contributed by atoms with van der Waals surface area (Å²) in [5, 5.41) is 2.90. The van der Waals surface area contributed by atoms with Gasteiger partial charge in [-0.25, -0.2) is 0 Å². The fraction of sp³-hybridized carbons (Fsp3) is 0.0952. The molecule has 4 aromatic rings.